The lowest BCUT2D eigenvalue weighted by Gasteiger charge is -2.22. The Labute approximate surface area is 154 Å². The zero-order valence-corrected chi connectivity index (χ0v) is 14.3. The van der Waals surface area contributed by atoms with Crippen molar-refractivity contribution < 1.29 is 45.4 Å². The van der Waals surface area contributed by atoms with Gasteiger partial charge >= 0.3 is 24.4 Å². The molecule has 1 aromatic rings. The second-order valence-electron chi connectivity index (χ2n) is 5.52. The molecule has 12 heteroatoms. The topological polar surface area (TPSA) is 76.7 Å². The number of benzene rings is 1. The fourth-order valence-corrected chi connectivity index (χ4v) is 2.23. The highest BCUT2D eigenvalue weighted by atomic mass is 19.4. The Morgan fingerprint density at radius 3 is 2.14 bits per heavy atom. The van der Waals surface area contributed by atoms with Crippen molar-refractivity contribution in [1.29, 1.82) is 0 Å². The van der Waals surface area contributed by atoms with Gasteiger partial charge in [0.25, 0.3) is 0 Å². The number of urea groups is 1. The Morgan fingerprint density at radius 1 is 1.07 bits per heavy atom. The first-order chi connectivity index (χ1) is 12.9. The second kappa shape index (κ2) is 7.98. The Kier molecular flexibility index (Phi) is 6.10. The van der Waals surface area contributed by atoms with Crippen LogP contribution in [-0.2, 0) is 21.9 Å². The summed E-state index contributed by atoms with van der Waals surface area (Å²) in [5.74, 6) is -1.54. The second-order valence-corrected chi connectivity index (χ2v) is 5.52. The number of rotatable bonds is 5. The van der Waals surface area contributed by atoms with Gasteiger partial charge < -0.3 is 20.1 Å². The molecule has 2 amide bonds. The molecule has 0 atom stereocenters. The molecule has 1 heterocycles. The van der Waals surface area contributed by atoms with Crippen LogP contribution in [0.1, 0.15) is 18.1 Å². The number of hydrogen-bond donors (Lipinski definition) is 2. The lowest BCUT2D eigenvalue weighted by Crippen LogP contribution is -2.45. The molecule has 0 radical (unpaired) electrons. The van der Waals surface area contributed by atoms with Gasteiger partial charge in [-0.25, -0.2) is 9.59 Å². The number of alkyl halides is 6. The van der Waals surface area contributed by atoms with Gasteiger partial charge in [0.1, 0.15) is 12.4 Å². The zero-order valence-electron chi connectivity index (χ0n) is 14.3. The first-order valence-electron chi connectivity index (χ1n) is 7.78. The SMILES string of the molecule is CCOC(=O)C1=C(COc2cc(C(F)(F)F)cc(C(F)(F)F)c2)NC(=O)NC1. The van der Waals surface area contributed by atoms with Crippen molar-refractivity contribution in [1.82, 2.24) is 10.6 Å². The first kappa shape index (κ1) is 21.4. The molecular weight excluding hydrogens is 398 g/mol. The summed E-state index contributed by atoms with van der Waals surface area (Å²) in [5, 5.41) is 4.52. The molecular formula is C16H14F6N2O4. The van der Waals surface area contributed by atoms with E-state index in [0.29, 0.717) is 12.1 Å². The van der Waals surface area contributed by atoms with Gasteiger partial charge in [-0.05, 0) is 25.1 Å². The number of nitrogens with one attached hydrogen (secondary N) is 2. The number of carbonyl (C=O) groups excluding carboxylic acids is 2. The normalized spacial score (nSPS) is 15.0. The summed E-state index contributed by atoms with van der Waals surface area (Å²) in [6, 6.07) is 0.0279. The van der Waals surface area contributed by atoms with E-state index in [2.05, 4.69) is 10.6 Å². The molecule has 0 aromatic heterocycles. The number of halogens is 6. The molecule has 1 aromatic carbocycles. The van der Waals surface area contributed by atoms with Crippen molar-refractivity contribution in [3.8, 4) is 5.75 Å². The van der Waals surface area contributed by atoms with Crippen molar-refractivity contribution in [3.05, 3.63) is 40.6 Å². The van der Waals surface area contributed by atoms with Crippen LogP contribution < -0.4 is 15.4 Å². The van der Waals surface area contributed by atoms with Crippen LogP contribution in [0.4, 0.5) is 31.1 Å². The molecule has 154 valence electrons. The van der Waals surface area contributed by atoms with Crippen LogP contribution in [-0.4, -0.2) is 31.8 Å². The molecule has 1 aliphatic rings. The summed E-state index contributed by atoms with van der Waals surface area (Å²) in [7, 11) is 0. The van der Waals surface area contributed by atoms with Crippen molar-refractivity contribution in [2.75, 3.05) is 19.8 Å². The van der Waals surface area contributed by atoms with Crippen LogP contribution in [0.25, 0.3) is 0 Å². The zero-order chi connectivity index (χ0) is 21.1. The third-order valence-corrected chi connectivity index (χ3v) is 3.52. The van der Waals surface area contributed by atoms with Crippen LogP contribution in [0.5, 0.6) is 5.75 Å². The molecule has 6 nitrogen and oxygen atoms in total. The number of carbonyl (C=O) groups is 2. The van der Waals surface area contributed by atoms with Crippen LogP contribution in [0.2, 0.25) is 0 Å². The maximum atomic E-state index is 12.9. The van der Waals surface area contributed by atoms with Gasteiger partial charge in [0, 0.05) is 0 Å². The fourth-order valence-electron chi connectivity index (χ4n) is 2.23. The van der Waals surface area contributed by atoms with Crippen molar-refractivity contribution >= 4 is 12.0 Å². The largest absolute Gasteiger partial charge is 0.487 e. The Bertz CT molecular complexity index is 769. The quantitative estimate of drug-likeness (QED) is 0.575. The number of ether oxygens (including phenoxy) is 2. The molecule has 1 aliphatic heterocycles. The molecule has 0 saturated carbocycles. The average Bonchev–Trinajstić information content (AvgIpc) is 2.58. The smallest absolute Gasteiger partial charge is 0.416 e. The number of esters is 1. The minimum Gasteiger partial charge on any atom is -0.487 e. The number of amides is 2. The molecule has 2 rings (SSSR count). The highest BCUT2D eigenvalue weighted by molar-refractivity contribution is 5.93. The van der Waals surface area contributed by atoms with Gasteiger partial charge in [-0.15, -0.1) is 0 Å². The Balaban J connectivity index is 2.33. The molecule has 0 aliphatic carbocycles. The van der Waals surface area contributed by atoms with E-state index >= 15 is 0 Å². The summed E-state index contributed by atoms with van der Waals surface area (Å²) in [5.41, 5.74) is -3.30. The molecule has 28 heavy (non-hydrogen) atoms. The van der Waals surface area contributed by atoms with E-state index in [4.69, 9.17) is 9.47 Å². The van der Waals surface area contributed by atoms with E-state index in [0.717, 1.165) is 0 Å². The standard InChI is InChI=1S/C16H14F6N2O4/c1-2-27-13(25)11-6-23-14(26)24-12(11)7-28-10-4-8(15(17,18)19)3-9(5-10)16(20,21)22/h3-5H,2,6-7H2,1H3,(H2,23,24,26). The monoisotopic (exact) mass is 412 g/mol. The van der Waals surface area contributed by atoms with Crippen LogP contribution >= 0.6 is 0 Å². The highest BCUT2D eigenvalue weighted by Crippen LogP contribution is 2.38. The molecule has 0 bridgehead atoms. The van der Waals surface area contributed by atoms with E-state index < -0.39 is 47.8 Å². The van der Waals surface area contributed by atoms with E-state index in [-0.39, 0.29) is 30.5 Å². The van der Waals surface area contributed by atoms with Gasteiger partial charge in [-0.1, -0.05) is 0 Å². The highest BCUT2D eigenvalue weighted by Gasteiger charge is 2.37. The Morgan fingerprint density at radius 2 is 1.64 bits per heavy atom. The van der Waals surface area contributed by atoms with E-state index in [9.17, 15) is 35.9 Å². The maximum Gasteiger partial charge on any atom is 0.416 e. The third kappa shape index (κ3) is 5.30. The summed E-state index contributed by atoms with van der Waals surface area (Å²) >= 11 is 0. The fraction of sp³-hybridized carbons (Fsp3) is 0.375. The van der Waals surface area contributed by atoms with Gasteiger partial charge in [-0.2, -0.15) is 26.3 Å². The van der Waals surface area contributed by atoms with Gasteiger partial charge in [0.05, 0.1) is 35.5 Å². The van der Waals surface area contributed by atoms with E-state index in [1.807, 2.05) is 0 Å². The van der Waals surface area contributed by atoms with Gasteiger partial charge in [-0.3, -0.25) is 0 Å². The lowest BCUT2D eigenvalue weighted by atomic mass is 10.1. The van der Waals surface area contributed by atoms with Gasteiger partial charge in [0.2, 0.25) is 0 Å². The first-order valence-corrected chi connectivity index (χ1v) is 7.78. The number of hydrogen-bond acceptors (Lipinski definition) is 4. The average molecular weight is 412 g/mol. The minimum absolute atomic E-state index is 0.0208. The van der Waals surface area contributed by atoms with E-state index in [1.165, 1.54) is 6.92 Å². The van der Waals surface area contributed by atoms with Crippen LogP contribution in [0.15, 0.2) is 29.5 Å². The summed E-state index contributed by atoms with van der Waals surface area (Å²) in [4.78, 5) is 23.3. The predicted octanol–water partition coefficient (Wildman–Crippen LogP) is 3.23. The summed E-state index contributed by atoms with van der Waals surface area (Å²) < 4.78 is 87.1. The molecule has 0 fully saturated rings. The molecule has 0 unspecified atom stereocenters. The van der Waals surface area contributed by atoms with Crippen molar-refractivity contribution in [2.24, 2.45) is 0 Å². The van der Waals surface area contributed by atoms with Crippen LogP contribution in [0.3, 0.4) is 0 Å². The summed E-state index contributed by atoms with van der Waals surface area (Å²) in [6.45, 7) is 0.664. The Hall–Kier alpha value is -2.92. The lowest BCUT2D eigenvalue weighted by molar-refractivity contribution is -0.143. The molecule has 2 N–H and O–H groups in total. The minimum atomic E-state index is -5.03. The van der Waals surface area contributed by atoms with Crippen LogP contribution in [0, 0.1) is 0 Å². The third-order valence-electron chi connectivity index (χ3n) is 3.52. The van der Waals surface area contributed by atoms with Gasteiger partial charge in [0.15, 0.2) is 0 Å². The maximum absolute atomic E-state index is 12.9. The predicted molar refractivity (Wildman–Crippen MR) is 82.1 cm³/mol. The summed E-state index contributed by atoms with van der Waals surface area (Å²) in [6.07, 6.45) is -10.1. The van der Waals surface area contributed by atoms with Crippen molar-refractivity contribution in [2.45, 2.75) is 19.3 Å². The molecule has 0 saturated heterocycles. The molecule has 0 spiro atoms. The van der Waals surface area contributed by atoms with E-state index in [1.54, 1.807) is 0 Å². The van der Waals surface area contributed by atoms with Crippen molar-refractivity contribution in [3.63, 3.8) is 0 Å².